The Bertz CT molecular complexity index is 1670. The Hall–Kier alpha value is -4.50. The molecule has 168 valence electrons. The van der Waals surface area contributed by atoms with Gasteiger partial charge in [0.2, 0.25) is 6.71 Å². The monoisotopic (exact) mass is 458 g/mol. The molecule has 0 fully saturated rings. The minimum absolute atomic E-state index is 0.231. The molecule has 0 radical (unpaired) electrons. The lowest BCUT2D eigenvalue weighted by Crippen LogP contribution is -2.55. The van der Waals surface area contributed by atoms with Gasteiger partial charge in [-0.2, -0.15) is 0 Å². The molecular formula is C33H23BN2. The number of hydrogen-bond acceptors (Lipinski definition) is 2. The molecular weight excluding hydrogens is 435 g/mol. The van der Waals surface area contributed by atoms with Gasteiger partial charge in [-0.3, -0.25) is 0 Å². The molecule has 2 heterocycles. The molecule has 0 spiro atoms. The smallest absolute Gasteiger partial charge is 0.247 e. The zero-order valence-electron chi connectivity index (χ0n) is 19.8. The van der Waals surface area contributed by atoms with E-state index in [-0.39, 0.29) is 6.71 Å². The van der Waals surface area contributed by atoms with Gasteiger partial charge in [0.1, 0.15) is 0 Å². The van der Waals surface area contributed by atoms with Gasteiger partial charge >= 0.3 is 0 Å². The van der Waals surface area contributed by atoms with E-state index in [2.05, 4.69) is 137 Å². The largest absolute Gasteiger partial charge is 0.311 e. The minimum Gasteiger partial charge on any atom is -0.311 e. The van der Waals surface area contributed by atoms with E-state index in [0.29, 0.717) is 0 Å². The van der Waals surface area contributed by atoms with Crippen LogP contribution in [-0.2, 0) is 6.42 Å². The van der Waals surface area contributed by atoms with Crippen LogP contribution in [-0.4, -0.2) is 6.71 Å². The second-order valence-corrected chi connectivity index (χ2v) is 9.75. The van der Waals surface area contributed by atoms with Crippen molar-refractivity contribution in [2.24, 2.45) is 0 Å². The Morgan fingerprint density at radius 3 is 1.86 bits per heavy atom. The Labute approximate surface area is 211 Å². The molecule has 5 aromatic rings. The fourth-order valence-corrected chi connectivity index (χ4v) is 6.50. The average Bonchev–Trinajstić information content (AvgIpc) is 3.33. The van der Waals surface area contributed by atoms with Crippen LogP contribution in [0.4, 0.5) is 28.4 Å². The molecule has 1 aliphatic carbocycles. The van der Waals surface area contributed by atoms with E-state index >= 15 is 0 Å². The molecule has 0 aromatic heterocycles. The molecule has 0 saturated carbocycles. The highest BCUT2D eigenvalue weighted by atomic mass is 15.2. The highest BCUT2D eigenvalue weighted by Gasteiger charge is 2.46. The van der Waals surface area contributed by atoms with Gasteiger partial charge in [0.05, 0.1) is 0 Å². The first-order valence-corrected chi connectivity index (χ1v) is 12.6. The summed E-state index contributed by atoms with van der Waals surface area (Å²) in [6, 6.07) is 46.4. The molecule has 2 aliphatic heterocycles. The molecule has 0 N–H and O–H groups in total. The number of fused-ring (bicyclic) bond motifs is 5. The number of benzene rings is 5. The third kappa shape index (κ3) is 2.63. The maximum Gasteiger partial charge on any atom is 0.247 e. The summed E-state index contributed by atoms with van der Waals surface area (Å²) in [4.78, 5) is 4.95. The number of anilines is 5. The summed E-state index contributed by atoms with van der Waals surface area (Å²) in [7, 11) is 0. The number of nitrogens with zero attached hydrogens (tertiary/aromatic N) is 2. The second kappa shape index (κ2) is 7.50. The molecule has 3 heteroatoms. The zero-order chi connectivity index (χ0) is 23.6. The summed E-state index contributed by atoms with van der Waals surface area (Å²) >= 11 is 0. The normalized spacial score (nSPS) is 14.8. The average molecular weight is 458 g/mol. The standard InChI is InChI=1S/C33H23BN2/c1-3-13-24(14-4-1)35-29-19-10-9-18-27(29)34-28-22-23-12-7-8-17-26(23)33(28)36(25-15-5-2-6-16-25)31-21-11-20-30(35)32(31)34/h1-21H,22H2. The lowest BCUT2D eigenvalue weighted by Gasteiger charge is -2.44. The van der Waals surface area contributed by atoms with Gasteiger partial charge in [-0.1, -0.05) is 90.4 Å². The molecule has 0 atom stereocenters. The maximum atomic E-state index is 2.51. The summed E-state index contributed by atoms with van der Waals surface area (Å²) in [5.74, 6) is 0. The fraction of sp³-hybridized carbons (Fsp3) is 0.0303. The lowest BCUT2D eigenvalue weighted by atomic mass is 9.33. The van der Waals surface area contributed by atoms with Gasteiger partial charge in [0, 0.05) is 39.7 Å². The van der Waals surface area contributed by atoms with Crippen LogP contribution in [0.5, 0.6) is 0 Å². The lowest BCUT2D eigenvalue weighted by molar-refractivity contribution is 1.24. The maximum absolute atomic E-state index is 2.51. The predicted octanol–water partition coefficient (Wildman–Crippen LogP) is 6.74. The van der Waals surface area contributed by atoms with E-state index in [4.69, 9.17) is 0 Å². The van der Waals surface area contributed by atoms with Gasteiger partial charge in [-0.25, -0.2) is 0 Å². The van der Waals surface area contributed by atoms with Gasteiger partial charge in [0.25, 0.3) is 0 Å². The van der Waals surface area contributed by atoms with Crippen molar-refractivity contribution < 1.29 is 0 Å². The molecule has 5 aromatic carbocycles. The first kappa shape index (κ1) is 19.8. The summed E-state index contributed by atoms with van der Waals surface area (Å²) in [6.45, 7) is 0.231. The van der Waals surface area contributed by atoms with E-state index in [1.54, 1.807) is 0 Å². The van der Waals surface area contributed by atoms with Crippen molar-refractivity contribution in [1.29, 1.82) is 0 Å². The third-order valence-electron chi connectivity index (χ3n) is 7.88. The van der Waals surface area contributed by atoms with Crippen molar-refractivity contribution in [2.45, 2.75) is 6.42 Å². The second-order valence-electron chi connectivity index (χ2n) is 9.75. The Morgan fingerprint density at radius 1 is 0.500 bits per heavy atom. The van der Waals surface area contributed by atoms with Crippen LogP contribution in [0.15, 0.2) is 133 Å². The molecule has 0 amide bonds. The van der Waals surface area contributed by atoms with Crippen molar-refractivity contribution in [3.05, 3.63) is 144 Å². The Morgan fingerprint density at radius 2 is 1.08 bits per heavy atom. The van der Waals surface area contributed by atoms with Crippen molar-refractivity contribution >= 4 is 51.8 Å². The highest BCUT2D eigenvalue weighted by molar-refractivity contribution is 6.96. The van der Waals surface area contributed by atoms with Gasteiger partial charge < -0.3 is 9.80 Å². The Kier molecular flexibility index (Phi) is 4.12. The van der Waals surface area contributed by atoms with E-state index in [1.165, 1.54) is 61.7 Å². The number of hydrogen-bond donors (Lipinski definition) is 0. The summed E-state index contributed by atoms with van der Waals surface area (Å²) < 4.78 is 0. The number of allylic oxidation sites excluding steroid dienone is 1. The van der Waals surface area contributed by atoms with Crippen LogP contribution in [0.3, 0.4) is 0 Å². The van der Waals surface area contributed by atoms with Crippen LogP contribution in [0, 0.1) is 0 Å². The van der Waals surface area contributed by atoms with E-state index < -0.39 is 0 Å². The summed E-state index contributed by atoms with van der Waals surface area (Å²) in [6.07, 6.45) is 0.979. The van der Waals surface area contributed by atoms with Crippen LogP contribution in [0.1, 0.15) is 11.1 Å². The van der Waals surface area contributed by atoms with E-state index in [1.807, 2.05) is 0 Å². The van der Waals surface area contributed by atoms with Crippen molar-refractivity contribution in [3.8, 4) is 0 Å². The predicted molar refractivity (Wildman–Crippen MR) is 152 cm³/mol. The molecule has 0 bridgehead atoms. The first-order chi connectivity index (χ1) is 17.9. The van der Waals surface area contributed by atoms with Crippen molar-refractivity contribution in [3.63, 3.8) is 0 Å². The zero-order valence-corrected chi connectivity index (χ0v) is 19.8. The minimum atomic E-state index is 0.231. The topological polar surface area (TPSA) is 6.48 Å². The van der Waals surface area contributed by atoms with Gasteiger partial charge in [0.15, 0.2) is 0 Å². The van der Waals surface area contributed by atoms with E-state index in [9.17, 15) is 0 Å². The van der Waals surface area contributed by atoms with Crippen molar-refractivity contribution in [1.82, 2.24) is 0 Å². The van der Waals surface area contributed by atoms with Gasteiger partial charge in [-0.15, -0.1) is 0 Å². The van der Waals surface area contributed by atoms with Crippen molar-refractivity contribution in [2.75, 3.05) is 9.80 Å². The molecule has 36 heavy (non-hydrogen) atoms. The van der Waals surface area contributed by atoms with Crippen LogP contribution < -0.4 is 20.7 Å². The van der Waals surface area contributed by atoms with E-state index in [0.717, 1.165) is 6.42 Å². The molecule has 3 aliphatic rings. The first-order valence-electron chi connectivity index (χ1n) is 12.6. The molecule has 0 saturated heterocycles. The number of para-hydroxylation sites is 3. The fourth-order valence-electron chi connectivity index (χ4n) is 6.50. The number of rotatable bonds is 2. The molecule has 0 unspecified atom stereocenters. The quantitative estimate of drug-likeness (QED) is 0.271. The molecule has 2 nitrogen and oxygen atoms in total. The molecule has 8 rings (SSSR count). The van der Waals surface area contributed by atoms with Crippen LogP contribution in [0.2, 0.25) is 0 Å². The Balaban J connectivity index is 1.48. The summed E-state index contributed by atoms with van der Waals surface area (Å²) in [5, 5.41) is 0. The highest BCUT2D eigenvalue weighted by Crippen LogP contribution is 2.49. The van der Waals surface area contributed by atoms with Gasteiger partial charge in [-0.05, 0) is 65.4 Å². The summed E-state index contributed by atoms with van der Waals surface area (Å²) in [5.41, 5.74) is 14.6. The SMILES string of the molecule is c1ccc(N2C3=C(Cc4ccccc43)B3c4ccccc4N(c4ccccc4)c4cccc2c43)cc1. The van der Waals surface area contributed by atoms with Crippen LogP contribution in [0.25, 0.3) is 5.70 Å². The third-order valence-corrected chi connectivity index (χ3v) is 7.88. The van der Waals surface area contributed by atoms with Crippen LogP contribution >= 0.6 is 0 Å².